The summed E-state index contributed by atoms with van der Waals surface area (Å²) in [5, 5.41) is 9.56. The van der Waals surface area contributed by atoms with E-state index in [4.69, 9.17) is 5.11 Å². The second kappa shape index (κ2) is 6.45. The summed E-state index contributed by atoms with van der Waals surface area (Å²) in [4.78, 5) is 15.3. The molecule has 0 aliphatic heterocycles. The Labute approximate surface area is 130 Å². The monoisotopic (exact) mass is 354 g/mol. The number of fused-ring (bicyclic) bond motifs is 1. The minimum Gasteiger partial charge on any atom is -0.481 e. The van der Waals surface area contributed by atoms with Gasteiger partial charge in [-0.3, -0.25) is 4.79 Å². The van der Waals surface area contributed by atoms with Crippen LogP contribution in [0, 0.1) is 0 Å². The summed E-state index contributed by atoms with van der Waals surface area (Å²) in [6.45, 7) is 4.78. The average Bonchev–Trinajstić information content (AvgIpc) is 2.70. The third-order valence-electron chi connectivity index (χ3n) is 2.68. The molecule has 0 aliphatic carbocycles. The predicted molar refractivity (Wildman–Crippen MR) is 85.2 cm³/mol. The zero-order valence-electron chi connectivity index (χ0n) is 11.3. The zero-order valence-corrected chi connectivity index (χ0v) is 13.7. The van der Waals surface area contributed by atoms with Crippen LogP contribution < -0.4 is 0 Å². The van der Waals surface area contributed by atoms with Crippen molar-refractivity contribution in [1.82, 2.24) is 9.55 Å². The van der Waals surface area contributed by atoms with E-state index in [1.807, 2.05) is 36.6 Å². The Bertz CT molecular complexity index is 675. The normalized spacial score (nSPS) is 10.8. The first kappa shape index (κ1) is 15.1. The Morgan fingerprint density at radius 1 is 1.50 bits per heavy atom. The van der Waals surface area contributed by atoms with Crippen LogP contribution in [-0.4, -0.2) is 26.4 Å². The number of hydrogen-bond donors (Lipinski definition) is 1. The number of imidazole rings is 1. The van der Waals surface area contributed by atoms with Crippen LogP contribution in [0.2, 0.25) is 0 Å². The minimum absolute atomic E-state index is 0.0132. The van der Waals surface area contributed by atoms with E-state index in [2.05, 4.69) is 27.0 Å². The van der Waals surface area contributed by atoms with Crippen molar-refractivity contribution in [3.63, 3.8) is 0 Å². The van der Waals surface area contributed by atoms with Crippen molar-refractivity contribution in [3.05, 3.63) is 34.3 Å². The molecule has 0 bridgehead atoms. The Hall–Kier alpha value is -1.27. The van der Waals surface area contributed by atoms with Gasteiger partial charge in [0.1, 0.15) is 0 Å². The van der Waals surface area contributed by atoms with Gasteiger partial charge in [0.05, 0.1) is 16.8 Å². The van der Waals surface area contributed by atoms with E-state index in [1.165, 1.54) is 17.3 Å². The summed E-state index contributed by atoms with van der Waals surface area (Å²) in [6, 6.07) is 5.91. The highest BCUT2D eigenvalue weighted by Crippen LogP contribution is 2.26. The van der Waals surface area contributed by atoms with Gasteiger partial charge in [0.2, 0.25) is 0 Å². The van der Waals surface area contributed by atoms with Crippen molar-refractivity contribution >= 4 is 44.7 Å². The molecule has 2 rings (SSSR count). The van der Waals surface area contributed by atoms with Gasteiger partial charge in [-0.1, -0.05) is 39.3 Å². The van der Waals surface area contributed by atoms with Crippen LogP contribution in [0.4, 0.5) is 0 Å². The summed E-state index contributed by atoms with van der Waals surface area (Å²) in [5.74, 6) is -0.823. The lowest BCUT2D eigenvalue weighted by molar-refractivity contribution is -0.133. The second-order valence-corrected chi connectivity index (χ2v) is 6.46. The van der Waals surface area contributed by atoms with Gasteiger partial charge in [-0.15, -0.1) is 0 Å². The first-order valence-corrected chi connectivity index (χ1v) is 7.89. The number of benzene rings is 1. The van der Waals surface area contributed by atoms with Gasteiger partial charge in [-0.25, -0.2) is 4.98 Å². The maximum atomic E-state index is 10.7. The number of carboxylic acid groups (broad SMARTS) is 1. The first-order chi connectivity index (χ1) is 9.47. The summed E-state index contributed by atoms with van der Waals surface area (Å²) in [5.41, 5.74) is 3.10. The molecule has 0 saturated carbocycles. The summed E-state index contributed by atoms with van der Waals surface area (Å²) < 4.78 is 3.01. The van der Waals surface area contributed by atoms with Crippen LogP contribution in [-0.2, 0) is 11.3 Å². The van der Waals surface area contributed by atoms with Crippen molar-refractivity contribution in [2.45, 2.75) is 25.5 Å². The fraction of sp³-hybridized carbons (Fsp3) is 0.286. The number of carbonyl (C=O) groups is 1. The average molecular weight is 355 g/mol. The number of hydrogen-bond acceptors (Lipinski definition) is 3. The molecule has 0 atom stereocenters. The van der Waals surface area contributed by atoms with Crippen molar-refractivity contribution in [2.75, 3.05) is 5.75 Å². The first-order valence-electron chi connectivity index (χ1n) is 6.11. The number of aromatic nitrogens is 2. The molecular formula is C14H15BrN2O2S. The van der Waals surface area contributed by atoms with Gasteiger partial charge >= 0.3 is 5.97 Å². The lowest BCUT2D eigenvalue weighted by Crippen LogP contribution is -2.02. The standard InChI is InChI=1S/C14H15BrN2O2S/c1-9(2)5-6-17-12-4-3-10(15)7-11(12)16-14(17)20-8-13(18)19/h3-5,7H,6,8H2,1-2H3,(H,18,19). The third kappa shape index (κ3) is 3.64. The largest absolute Gasteiger partial charge is 0.481 e. The lowest BCUT2D eigenvalue weighted by Gasteiger charge is -2.05. The van der Waals surface area contributed by atoms with E-state index in [9.17, 15) is 4.79 Å². The van der Waals surface area contributed by atoms with Gasteiger partial charge in [0, 0.05) is 11.0 Å². The van der Waals surface area contributed by atoms with E-state index in [1.54, 1.807) is 0 Å². The number of nitrogens with zero attached hydrogens (tertiary/aromatic N) is 2. The fourth-order valence-corrected chi connectivity index (χ4v) is 2.86. The molecule has 6 heteroatoms. The maximum Gasteiger partial charge on any atom is 0.313 e. The van der Waals surface area contributed by atoms with Crippen molar-refractivity contribution in [1.29, 1.82) is 0 Å². The second-order valence-electron chi connectivity index (χ2n) is 4.60. The predicted octanol–water partition coefficient (Wildman–Crippen LogP) is 3.94. The molecule has 106 valence electrons. The van der Waals surface area contributed by atoms with Gasteiger partial charge < -0.3 is 9.67 Å². The number of allylic oxidation sites excluding steroid dienone is 2. The van der Waals surface area contributed by atoms with Gasteiger partial charge in [0.25, 0.3) is 0 Å². The van der Waals surface area contributed by atoms with E-state index < -0.39 is 5.97 Å². The zero-order chi connectivity index (χ0) is 14.7. The van der Waals surface area contributed by atoms with E-state index in [0.29, 0.717) is 6.54 Å². The molecule has 1 N–H and O–H groups in total. The molecular weight excluding hydrogens is 340 g/mol. The minimum atomic E-state index is -0.836. The van der Waals surface area contributed by atoms with Crippen LogP contribution in [0.15, 0.2) is 39.5 Å². The number of aliphatic carboxylic acids is 1. The lowest BCUT2D eigenvalue weighted by atomic mass is 10.3. The smallest absolute Gasteiger partial charge is 0.313 e. The van der Waals surface area contributed by atoms with E-state index in [-0.39, 0.29) is 5.75 Å². The van der Waals surface area contributed by atoms with Gasteiger partial charge in [-0.05, 0) is 32.0 Å². The topological polar surface area (TPSA) is 55.1 Å². The van der Waals surface area contributed by atoms with Gasteiger partial charge in [-0.2, -0.15) is 0 Å². The maximum absolute atomic E-state index is 10.7. The SMILES string of the molecule is CC(C)=CCn1c(SCC(=O)O)nc2cc(Br)ccc21. The summed E-state index contributed by atoms with van der Waals surface area (Å²) >= 11 is 4.67. The third-order valence-corrected chi connectivity index (χ3v) is 4.14. The number of rotatable bonds is 5. The number of carboxylic acids is 1. The van der Waals surface area contributed by atoms with Crippen LogP contribution in [0.1, 0.15) is 13.8 Å². The van der Waals surface area contributed by atoms with Crippen molar-refractivity contribution in [2.24, 2.45) is 0 Å². The molecule has 0 unspecified atom stereocenters. The Morgan fingerprint density at radius 3 is 2.90 bits per heavy atom. The molecule has 0 amide bonds. The van der Waals surface area contributed by atoms with Gasteiger partial charge in [0.15, 0.2) is 5.16 Å². The Balaban J connectivity index is 2.44. The highest BCUT2D eigenvalue weighted by molar-refractivity contribution is 9.10. The molecule has 2 aromatic rings. The highest BCUT2D eigenvalue weighted by Gasteiger charge is 2.12. The van der Waals surface area contributed by atoms with Crippen LogP contribution in [0.25, 0.3) is 11.0 Å². The number of thioether (sulfide) groups is 1. The fourth-order valence-electron chi connectivity index (χ4n) is 1.77. The van der Waals surface area contributed by atoms with Crippen molar-refractivity contribution in [3.8, 4) is 0 Å². The Kier molecular flexibility index (Phi) is 4.88. The molecule has 0 radical (unpaired) electrons. The summed E-state index contributed by atoms with van der Waals surface area (Å²) in [6.07, 6.45) is 2.11. The quantitative estimate of drug-likeness (QED) is 0.652. The molecule has 20 heavy (non-hydrogen) atoms. The number of halogens is 1. The van der Waals surface area contributed by atoms with E-state index >= 15 is 0 Å². The molecule has 1 heterocycles. The molecule has 0 fully saturated rings. The molecule has 1 aromatic carbocycles. The van der Waals surface area contributed by atoms with Crippen LogP contribution >= 0.6 is 27.7 Å². The molecule has 0 spiro atoms. The molecule has 1 aromatic heterocycles. The van der Waals surface area contributed by atoms with Crippen molar-refractivity contribution < 1.29 is 9.90 Å². The molecule has 0 aliphatic rings. The molecule has 4 nitrogen and oxygen atoms in total. The van der Waals surface area contributed by atoms with E-state index in [0.717, 1.165) is 20.7 Å². The molecule has 0 saturated heterocycles. The Morgan fingerprint density at radius 2 is 2.25 bits per heavy atom. The van der Waals surface area contributed by atoms with Crippen LogP contribution in [0.3, 0.4) is 0 Å². The van der Waals surface area contributed by atoms with Crippen LogP contribution in [0.5, 0.6) is 0 Å². The highest BCUT2D eigenvalue weighted by atomic mass is 79.9. The summed E-state index contributed by atoms with van der Waals surface area (Å²) in [7, 11) is 0.